The van der Waals surface area contributed by atoms with Crippen LogP contribution in [-0.2, 0) is 14.3 Å². The van der Waals surface area contributed by atoms with Crippen molar-refractivity contribution in [3.63, 3.8) is 0 Å². The number of hydrogen-bond donors (Lipinski definition) is 1. The van der Waals surface area contributed by atoms with E-state index in [9.17, 15) is 24.3 Å². The molecule has 198 valence electrons. The van der Waals surface area contributed by atoms with E-state index in [0.29, 0.717) is 46.8 Å². The second-order valence-corrected chi connectivity index (χ2v) is 9.30. The van der Waals surface area contributed by atoms with Crippen molar-refractivity contribution in [2.75, 3.05) is 6.61 Å². The van der Waals surface area contributed by atoms with Gasteiger partial charge < -0.3 is 14.9 Å². The Labute approximate surface area is 222 Å². The molecule has 0 bridgehead atoms. The number of hydrogen-bond acceptors (Lipinski definition) is 6. The number of unbranched alkanes of at least 4 members (excludes halogenated alkanes) is 2. The molecule has 0 spiro atoms. The van der Waals surface area contributed by atoms with Gasteiger partial charge in [-0.1, -0.05) is 50.5 Å². The highest BCUT2D eigenvalue weighted by Gasteiger charge is 2.28. The van der Waals surface area contributed by atoms with Gasteiger partial charge in [0.2, 0.25) is 0 Å². The molecule has 0 saturated carbocycles. The zero-order valence-corrected chi connectivity index (χ0v) is 21.6. The van der Waals surface area contributed by atoms with E-state index in [0.717, 1.165) is 24.8 Å². The molecule has 3 N–H and O–H groups in total. The maximum absolute atomic E-state index is 13.1. The van der Waals surface area contributed by atoms with Crippen LogP contribution in [-0.4, -0.2) is 41.1 Å². The number of benzene rings is 3. The number of rotatable bonds is 13. The lowest BCUT2D eigenvalue weighted by atomic mass is 9.80. The van der Waals surface area contributed by atoms with Gasteiger partial charge in [0.25, 0.3) is 5.75 Å². The number of carbonyl (C=O) groups excluding carboxylic acids is 4. The van der Waals surface area contributed by atoms with Crippen LogP contribution in [0.3, 0.4) is 0 Å². The van der Waals surface area contributed by atoms with E-state index in [1.165, 1.54) is 25.1 Å². The normalized spacial score (nSPS) is 12.4. The average molecular weight is 518 g/mol. The highest BCUT2D eigenvalue weighted by Crippen LogP contribution is 2.42. The fourth-order valence-electron chi connectivity index (χ4n) is 4.64. The van der Waals surface area contributed by atoms with Gasteiger partial charge in [-0.25, -0.2) is 0 Å². The third-order valence-electron chi connectivity index (χ3n) is 6.57. The Bertz CT molecular complexity index is 1250. The number of esters is 1. The third kappa shape index (κ3) is 6.94. The Balaban J connectivity index is 2.17. The van der Waals surface area contributed by atoms with Gasteiger partial charge in [0.15, 0.2) is 12.4 Å². The Kier molecular flexibility index (Phi) is 9.93. The zero-order chi connectivity index (χ0) is 27.7. The Morgan fingerprint density at radius 3 is 2.24 bits per heavy atom. The average Bonchev–Trinajstić information content (AvgIpc) is 2.92. The summed E-state index contributed by atoms with van der Waals surface area (Å²) >= 11 is 0. The number of Topliss-reactive ketones (excluding diaryl/α,β-unsaturated/α-hetero) is 1. The van der Waals surface area contributed by atoms with Crippen LogP contribution in [0, 0.1) is 0 Å². The van der Waals surface area contributed by atoms with E-state index in [4.69, 9.17) is 9.84 Å². The molecule has 0 fully saturated rings. The standard InChI is InChI=1S/C31H32O7/c1-3-4-5-9-25(30(37)19-38-20(2)34)23-7-6-8-24(16-23)31(26-14-21(17-32)10-12-28(26)35)27-15-22(18-33)11-13-29(27)36/h6-8,10-18,25,31,35-36H,3-5,9,19H2,1-2H3/p+1. The molecule has 0 aliphatic rings. The summed E-state index contributed by atoms with van der Waals surface area (Å²) < 4.78 is 5.00. The van der Waals surface area contributed by atoms with Gasteiger partial charge in [-0.05, 0) is 47.9 Å². The first-order valence-corrected chi connectivity index (χ1v) is 12.6. The first kappa shape index (κ1) is 28.3. The predicted octanol–water partition coefficient (Wildman–Crippen LogP) is 5.43. The van der Waals surface area contributed by atoms with Crippen molar-refractivity contribution in [2.24, 2.45) is 0 Å². The van der Waals surface area contributed by atoms with Crippen molar-refractivity contribution in [1.82, 2.24) is 0 Å². The van der Waals surface area contributed by atoms with E-state index in [-0.39, 0.29) is 23.9 Å². The maximum Gasteiger partial charge on any atom is 0.303 e. The van der Waals surface area contributed by atoms with Gasteiger partial charge in [0.05, 0.1) is 5.56 Å². The van der Waals surface area contributed by atoms with Crippen LogP contribution < -0.4 is 0 Å². The minimum atomic E-state index is -0.692. The lowest BCUT2D eigenvalue weighted by Gasteiger charge is -2.23. The molecule has 7 nitrogen and oxygen atoms in total. The number of phenols is 1. The quantitative estimate of drug-likeness (QED) is 0.106. The Morgan fingerprint density at radius 2 is 1.58 bits per heavy atom. The van der Waals surface area contributed by atoms with Gasteiger partial charge in [0, 0.05) is 41.5 Å². The fraction of sp³-hybridized carbons (Fsp3) is 0.290. The van der Waals surface area contributed by atoms with E-state index in [1.807, 2.05) is 18.2 Å². The van der Waals surface area contributed by atoms with Gasteiger partial charge in [-0.15, -0.1) is 0 Å². The van der Waals surface area contributed by atoms with Crippen LogP contribution in [0.4, 0.5) is 0 Å². The summed E-state index contributed by atoms with van der Waals surface area (Å²) in [6.45, 7) is 3.02. The summed E-state index contributed by atoms with van der Waals surface area (Å²) in [5.41, 5.74) is 3.00. The third-order valence-corrected chi connectivity index (χ3v) is 6.57. The first-order valence-electron chi connectivity index (χ1n) is 12.6. The Hall–Kier alpha value is -4.26. The predicted molar refractivity (Wildman–Crippen MR) is 144 cm³/mol. The van der Waals surface area contributed by atoms with Crippen LogP contribution >= 0.6 is 0 Å². The van der Waals surface area contributed by atoms with Crippen molar-refractivity contribution in [2.45, 2.75) is 51.4 Å². The lowest BCUT2D eigenvalue weighted by Crippen LogP contribution is -2.20. The summed E-state index contributed by atoms with van der Waals surface area (Å²) in [5, 5.41) is 19.4. The molecular weight excluding hydrogens is 484 g/mol. The van der Waals surface area contributed by atoms with Crippen LogP contribution in [0.1, 0.15) is 94.3 Å². The Morgan fingerprint density at radius 1 is 0.921 bits per heavy atom. The van der Waals surface area contributed by atoms with E-state index >= 15 is 0 Å². The SMILES string of the molecule is CCCCCC(C(=O)COC(C)=O)c1cccc(C(c2cc(C=O)ccc2O)c2cc(C=O)ccc2[OH2+])c1. The first-order chi connectivity index (χ1) is 18.3. The molecule has 7 heteroatoms. The van der Waals surface area contributed by atoms with Gasteiger partial charge >= 0.3 is 5.97 Å². The molecule has 3 rings (SSSR count). The lowest BCUT2D eigenvalue weighted by molar-refractivity contribution is -0.146. The second-order valence-electron chi connectivity index (χ2n) is 9.30. The van der Waals surface area contributed by atoms with E-state index in [2.05, 4.69) is 6.92 Å². The highest BCUT2D eigenvalue weighted by atomic mass is 16.5. The molecule has 0 saturated heterocycles. The summed E-state index contributed by atoms with van der Waals surface area (Å²) in [4.78, 5) is 47.5. The molecule has 2 atom stereocenters. The van der Waals surface area contributed by atoms with Crippen molar-refractivity contribution in [3.05, 3.63) is 94.0 Å². The van der Waals surface area contributed by atoms with Crippen LogP contribution in [0.5, 0.6) is 11.5 Å². The molecule has 3 aromatic rings. The van der Waals surface area contributed by atoms with Crippen LogP contribution in [0.25, 0.3) is 0 Å². The minimum Gasteiger partial charge on any atom is -0.593 e. The van der Waals surface area contributed by atoms with E-state index in [1.54, 1.807) is 24.3 Å². The van der Waals surface area contributed by atoms with Crippen molar-refractivity contribution in [3.8, 4) is 11.5 Å². The molecule has 0 heterocycles. The molecule has 0 amide bonds. The molecule has 2 unspecified atom stereocenters. The molecule has 0 radical (unpaired) electrons. The summed E-state index contributed by atoms with van der Waals surface area (Å²) in [5.74, 6) is -1.84. The summed E-state index contributed by atoms with van der Waals surface area (Å²) in [7, 11) is 0. The monoisotopic (exact) mass is 517 g/mol. The van der Waals surface area contributed by atoms with Gasteiger partial charge in [-0.3, -0.25) is 19.2 Å². The van der Waals surface area contributed by atoms with Crippen molar-refractivity contribution < 1.29 is 34.1 Å². The smallest absolute Gasteiger partial charge is 0.303 e. The molecule has 38 heavy (non-hydrogen) atoms. The number of aromatic hydroxyl groups is 1. The van der Waals surface area contributed by atoms with Gasteiger partial charge in [-0.2, -0.15) is 0 Å². The van der Waals surface area contributed by atoms with Crippen molar-refractivity contribution >= 4 is 24.3 Å². The van der Waals surface area contributed by atoms with Crippen LogP contribution in [0.15, 0.2) is 60.7 Å². The largest absolute Gasteiger partial charge is 0.593 e. The molecular formula is C31H33O7+. The summed E-state index contributed by atoms with van der Waals surface area (Å²) in [6, 6.07) is 16.5. The van der Waals surface area contributed by atoms with Crippen molar-refractivity contribution in [1.29, 1.82) is 0 Å². The van der Waals surface area contributed by atoms with E-state index < -0.39 is 17.8 Å². The molecule has 0 aliphatic heterocycles. The summed E-state index contributed by atoms with van der Waals surface area (Å²) in [6.07, 6.45) is 4.71. The van der Waals surface area contributed by atoms with Gasteiger partial charge in [0.1, 0.15) is 18.3 Å². The highest BCUT2D eigenvalue weighted by molar-refractivity contribution is 5.88. The number of carbonyl (C=O) groups is 4. The number of phenolic OH excluding ortho intramolecular Hbond substituents is 1. The fourth-order valence-corrected chi connectivity index (χ4v) is 4.64. The molecule has 0 aromatic heterocycles. The minimum absolute atomic E-state index is 0.0626. The molecule has 0 aliphatic carbocycles. The number of ketones is 1. The maximum atomic E-state index is 13.1. The number of ether oxygens (including phenoxy) is 1. The second kappa shape index (κ2) is 13.3. The number of aldehydes is 2. The topological polar surface area (TPSA) is 121 Å². The van der Waals surface area contributed by atoms with Crippen LogP contribution in [0.2, 0.25) is 0 Å². The molecule has 3 aromatic carbocycles. The zero-order valence-electron chi connectivity index (χ0n) is 21.6.